The minimum absolute atomic E-state index is 0.0250. The summed E-state index contributed by atoms with van der Waals surface area (Å²) in [7, 11) is 5.65. The highest BCUT2D eigenvalue weighted by Gasteiger charge is 2.33. The molecule has 3 aromatic carbocycles. The molecule has 0 N–H and O–H groups in total. The molecule has 0 aromatic heterocycles. The molecule has 4 heteroatoms. The van der Waals surface area contributed by atoms with Gasteiger partial charge in [0, 0.05) is 31.0 Å². The maximum Gasteiger partial charge on any atom is 0.263 e. The molecule has 0 fully saturated rings. The van der Waals surface area contributed by atoms with Crippen LogP contribution < -0.4 is 14.5 Å². The van der Waals surface area contributed by atoms with Crippen molar-refractivity contribution >= 4 is 34.6 Å². The summed E-state index contributed by atoms with van der Waals surface area (Å²) in [5.74, 6) is 0.739. The number of ether oxygens (including phenoxy) is 1. The van der Waals surface area contributed by atoms with Gasteiger partial charge in [0.05, 0.1) is 18.4 Å². The minimum Gasteiger partial charge on any atom is -0.497 e. The van der Waals surface area contributed by atoms with Gasteiger partial charge in [0.1, 0.15) is 5.75 Å². The number of benzene rings is 3. The van der Waals surface area contributed by atoms with Crippen molar-refractivity contribution < 1.29 is 9.53 Å². The van der Waals surface area contributed by atoms with Crippen molar-refractivity contribution in [3.05, 3.63) is 83.9 Å². The molecule has 0 aliphatic carbocycles. The Morgan fingerprint density at radius 1 is 0.893 bits per heavy atom. The SMILES string of the molecule is COc1ccc(N2C(=O)C(=Cc3ccc(N(C)C)cc3)c3ccccc32)cc1. The summed E-state index contributed by atoms with van der Waals surface area (Å²) in [6.07, 6.45) is 1.96. The Bertz CT molecular complexity index is 1030. The molecule has 3 aromatic rings. The standard InChI is InChI=1S/C24H22N2O2/c1-25(2)18-10-8-17(9-11-18)16-22-21-6-4-5-7-23(21)26(24(22)27)19-12-14-20(28-3)15-13-19/h4-16H,1-3H3. The Balaban J connectivity index is 1.76. The zero-order valence-electron chi connectivity index (χ0n) is 16.2. The van der Waals surface area contributed by atoms with E-state index in [0.717, 1.165) is 33.9 Å². The predicted molar refractivity (Wildman–Crippen MR) is 115 cm³/mol. The molecule has 1 aliphatic heterocycles. The van der Waals surface area contributed by atoms with E-state index in [1.54, 1.807) is 12.0 Å². The van der Waals surface area contributed by atoms with E-state index < -0.39 is 0 Å². The molecule has 28 heavy (non-hydrogen) atoms. The van der Waals surface area contributed by atoms with E-state index in [1.807, 2.05) is 80.8 Å². The monoisotopic (exact) mass is 370 g/mol. The quantitative estimate of drug-likeness (QED) is 0.607. The summed E-state index contributed by atoms with van der Waals surface area (Å²) in [6.45, 7) is 0. The van der Waals surface area contributed by atoms with Gasteiger partial charge in [0.2, 0.25) is 0 Å². The molecule has 0 unspecified atom stereocenters. The third kappa shape index (κ3) is 3.14. The molecule has 1 aliphatic rings. The molecule has 0 spiro atoms. The number of fused-ring (bicyclic) bond motifs is 1. The highest BCUT2D eigenvalue weighted by molar-refractivity contribution is 6.37. The van der Waals surface area contributed by atoms with E-state index in [1.165, 1.54) is 0 Å². The molecule has 0 saturated carbocycles. The van der Waals surface area contributed by atoms with Crippen LogP contribution in [0.5, 0.6) is 5.75 Å². The average Bonchev–Trinajstić information content (AvgIpc) is 3.00. The summed E-state index contributed by atoms with van der Waals surface area (Å²) in [4.78, 5) is 17.1. The number of carbonyl (C=O) groups is 1. The number of methoxy groups -OCH3 is 1. The van der Waals surface area contributed by atoms with Gasteiger partial charge >= 0.3 is 0 Å². The zero-order chi connectivity index (χ0) is 19.7. The lowest BCUT2D eigenvalue weighted by Crippen LogP contribution is -2.20. The third-order valence-electron chi connectivity index (χ3n) is 4.92. The van der Waals surface area contributed by atoms with Gasteiger partial charge in [-0.3, -0.25) is 9.69 Å². The Hall–Kier alpha value is -3.53. The van der Waals surface area contributed by atoms with Gasteiger partial charge in [0.15, 0.2) is 0 Å². The molecule has 140 valence electrons. The molecular formula is C24H22N2O2. The first-order valence-electron chi connectivity index (χ1n) is 9.15. The van der Waals surface area contributed by atoms with Crippen LogP contribution in [0.1, 0.15) is 11.1 Å². The fourth-order valence-corrected chi connectivity index (χ4v) is 3.40. The van der Waals surface area contributed by atoms with E-state index in [4.69, 9.17) is 4.74 Å². The van der Waals surface area contributed by atoms with Crippen LogP contribution in [-0.4, -0.2) is 27.1 Å². The van der Waals surface area contributed by atoms with Crippen LogP contribution in [0, 0.1) is 0 Å². The molecule has 0 saturated heterocycles. The van der Waals surface area contributed by atoms with Crippen molar-refractivity contribution in [2.24, 2.45) is 0 Å². The van der Waals surface area contributed by atoms with Gasteiger partial charge in [0.25, 0.3) is 5.91 Å². The summed E-state index contributed by atoms with van der Waals surface area (Å²) in [6, 6.07) is 23.6. The predicted octanol–water partition coefficient (Wildman–Crippen LogP) is 4.98. The van der Waals surface area contributed by atoms with E-state index in [2.05, 4.69) is 17.0 Å². The Labute approximate surface area is 165 Å². The second-order valence-electron chi connectivity index (χ2n) is 6.90. The van der Waals surface area contributed by atoms with Crippen molar-refractivity contribution in [3.8, 4) is 5.75 Å². The van der Waals surface area contributed by atoms with Crippen LogP contribution in [0.3, 0.4) is 0 Å². The topological polar surface area (TPSA) is 32.8 Å². The van der Waals surface area contributed by atoms with Crippen molar-refractivity contribution in [3.63, 3.8) is 0 Å². The van der Waals surface area contributed by atoms with Gasteiger partial charge in [-0.1, -0.05) is 30.3 Å². The number of rotatable bonds is 4. The lowest BCUT2D eigenvalue weighted by atomic mass is 10.0. The van der Waals surface area contributed by atoms with Gasteiger partial charge < -0.3 is 9.64 Å². The number of amides is 1. The molecule has 0 atom stereocenters. The van der Waals surface area contributed by atoms with Crippen molar-refractivity contribution in [1.82, 2.24) is 0 Å². The van der Waals surface area contributed by atoms with Crippen LogP contribution in [0.15, 0.2) is 72.8 Å². The van der Waals surface area contributed by atoms with Crippen LogP contribution in [0.4, 0.5) is 17.1 Å². The van der Waals surface area contributed by atoms with Gasteiger partial charge in [-0.05, 0) is 54.1 Å². The second kappa shape index (κ2) is 7.24. The van der Waals surface area contributed by atoms with Crippen LogP contribution in [-0.2, 0) is 4.79 Å². The maximum absolute atomic E-state index is 13.3. The van der Waals surface area contributed by atoms with Crippen molar-refractivity contribution in [1.29, 1.82) is 0 Å². The summed E-state index contributed by atoms with van der Waals surface area (Å²) in [5, 5.41) is 0. The highest BCUT2D eigenvalue weighted by atomic mass is 16.5. The summed E-state index contributed by atoms with van der Waals surface area (Å²) < 4.78 is 5.24. The largest absolute Gasteiger partial charge is 0.497 e. The fraction of sp³-hybridized carbons (Fsp3) is 0.125. The number of para-hydroxylation sites is 1. The van der Waals surface area contributed by atoms with E-state index in [0.29, 0.717) is 5.57 Å². The Morgan fingerprint density at radius 2 is 1.57 bits per heavy atom. The van der Waals surface area contributed by atoms with E-state index >= 15 is 0 Å². The molecule has 4 rings (SSSR count). The third-order valence-corrected chi connectivity index (χ3v) is 4.92. The van der Waals surface area contributed by atoms with Gasteiger partial charge in [-0.2, -0.15) is 0 Å². The first kappa shape index (κ1) is 17.9. The highest BCUT2D eigenvalue weighted by Crippen LogP contribution is 2.42. The Kier molecular flexibility index (Phi) is 4.62. The lowest BCUT2D eigenvalue weighted by molar-refractivity contribution is -0.112. The van der Waals surface area contributed by atoms with Gasteiger partial charge in [-0.15, -0.1) is 0 Å². The normalized spacial score (nSPS) is 14.3. The molecule has 0 bridgehead atoms. The molecular weight excluding hydrogens is 348 g/mol. The second-order valence-corrected chi connectivity index (χ2v) is 6.90. The van der Waals surface area contributed by atoms with Crippen molar-refractivity contribution in [2.75, 3.05) is 31.0 Å². The first-order valence-corrected chi connectivity index (χ1v) is 9.15. The summed E-state index contributed by atoms with van der Waals surface area (Å²) in [5.41, 5.74) is 5.49. The smallest absolute Gasteiger partial charge is 0.263 e. The molecule has 1 heterocycles. The minimum atomic E-state index is -0.0250. The van der Waals surface area contributed by atoms with Gasteiger partial charge in [-0.25, -0.2) is 0 Å². The summed E-state index contributed by atoms with van der Waals surface area (Å²) >= 11 is 0. The van der Waals surface area contributed by atoms with E-state index in [-0.39, 0.29) is 5.91 Å². The number of carbonyl (C=O) groups excluding carboxylic acids is 1. The van der Waals surface area contributed by atoms with Crippen LogP contribution >= 0.6 is 0 Å². The fourth-order valence-electron chi connectivity index (χ4n) is 3.40. The number of hydrogen-bond acceptors (Lipinski definition) is 3. The van der Waals surface area contributed by atoms with Crippen molar-refractivity contribution in [2.45, 2.75) is 0 Å². The molecule has 4 nitrogen and oxygen atoms in total. The number of nitrogens with zero attached hydrogens (tertiary/aromatic N) is 2. The van der Waals surface area contributed by atoms with Crippen LogP contribution in [0.2, 0.25) is 0 Å². The lowest BCUT2D eigenvalue weighted by Gasteiger charge is -2.17. The first-order chi connectivity index (χ1) is 13.6. The number of anilines is 3. The van der Waals surface area contributed by atoms with E-state index in [9.17, 15) is 4.79 Å². The number of hydrogen-bond donors (Lipinski definition) is 0. The average molecular weight is 370 g/mol. The maximum atomic E-state index is 13.3. The molecule has 1 amide bonds. The molecule has 0 radical (unpaired) electrons. The van der Waals surface area contributed by atoms with Crippen LogP contribution in [0.25, 0.3) is 11.6 Å². The zero-order valence-corrected chi connectivity index (χ0v) is 16.2. The Morgan fingerprint density at radius 3 is 2.21 bits per heavy atom.